The Hall–Kier alpha value is -4.01. The van der Waals surface area contributed by atoms with Crippen molar-refractivity contribution in [2.45, 2.75) is 64.3 Å². The molecule has 0 saturated heterocycles. The van der Waals surface area contributed by atoms with Gasteiger partial charge in [-0.2, -0.15) is 4.98 Å². The van der Waals surface area contributed by atoms with Crippen LogP contribution in [0.1, 0.15) is 69.1 Å². The van der Waals surface area contributed by atoms with E-state index in [0.29, 0.717) is 17.3 Å². The van der Waals surface area contributed by atoms with Crippen LogP contribution in [0.4, 0.5) is 28.8 Å². The number of nitrogens with one attached hydrogen (secondary N) is 4. The summed E-state index contributed by atoms with van der Waals surface area (Å²) in [5.41, 5.74) is 3.81. The summed E-state index contributed by atoms with van der Waals surface area (Å²) in [7, 11) is 0. The van der Waals surface area contributed by atoms with E-state index in [0.717, 1.165) is 41.2 Å². The third kappa shape index (κ3) is 4.73. The van der Waals surface area contributed by atoms with Crippen molar-refractivity contribution in [1.82, 2.24) is 20.3 Å². The monoisotopic (exact) mass is 485 g/mol. The van der Waals surface area contributed by atoms with Crippen molar-refractivity contribution in [3.63, 3.8) is 0 Å². The molecule has 0 atom stereocenters. The number of pyridine rings is 1. The molecular weight excluding hydrogens is 454 g/mol. The van der Waals surface area contributed by atoms with Crippen molar-refractivity contribution in [1.29, 1.82) is 0 Å². The Morgan fingerprint density at radius 2 is 1.81 bits per heavy atom. The summed E-state index contributed by atoms with van der Waals surface area (Å²) in [5.74, 6) is 0.482. The Morgan fingerprint density at radius 3 is 2.53 bits per heavy atom. The zero-order valence-electron chi connectivity index (χ0n) is 21.2. The molecule has 3 aromatic rings. The van der Waals surface area contributed by atoms with E-state index >= 15 is 0 Å². The molecule has 0 spiro atoms. The van der Waals surface area contributed by atoms with Gasteiger partial charge in [0.15, 0.2) is 0 Å². The Balaban J connectivity index is 1.45. The number of nitrogens with zero attached hydrogens (tertiary/aromatic N) is 3. The van der Waals surface area contributed by atoms with Gasteiger partial charge in [0.25, 0.3) is 5.91 Å². The van der Waals surface area contributed by atoms with Gasteiger partial charge in [0.05, 0.1) is 5.41 Å². The molecule has 9 heteroatoms. The standard InChI is InChI=1S/C27H31N7O2/c1-26(2,3)21-13-17(10-11-28-21)30-22-18(23(35)31-15-6-7-15)14-29-25(34-22)32-16-8-9-19-20(12-16)33-24(36)27(19,4)5/h8-15H,6-7H2,1-5H3,(H,31,35)(H,33,36)(H2,28,29,30,32,34). The van der Waals surface area contributed by atoms with Gasteiger partial charge in [0, 0.05) is 46.6 Å². The van der Waals surface area contributed by atoms with Crippen LogP contribution in [0, 0.1) is 0 Å². The lowest BCUT2D eigenvalue weighted by Crippen LogP contribution is -2.26. The van der Waals surface area contributed by atoms with Crippen molar-refractivity contribution >= 4 is 40.6 Å². The lowest BCUT2D eigenvalue weighted by Gasteiger charge is -2.19. The van der Waals surface area contributed by atoms with Crippen LogP contribution in [0.15, 0.2) is 42.7 Å². The number of carbonyl (C=O) groups excluding carboxylic acids is 2. The van der Waals surface area contributed by atoms with Crippen LogP contribution in [-0.4, -0.2) is 32.8 Å². The second-order valence-corrected chi connectivity index (χ2v) is 11.0. The van der Waals surface area contributed by atoms with E-state index in [1.54, 1.807) is 6.20 Å². The molecule has 9 nitrogen and oxygen atoms in total. The van der Waals surface area contributed by atoms with Crippen LogP contribution >= 0.6 is 0 Å². The van der Waals surface area contributed by atoms with Crippen molar-refractivity contribution in [2.75, 3.05) is 16.0 Å². The van der Waals surface area contributed by atoms with Crippen molar-refractivity contribution in [2.24, 2.45) is 0 Å². The second-order valence-electron chi connectivity index (χ2n) is 11.0. The first-order chi connectivity index (χ1) is 17.0. The highest BCUT2D eigenvalue weighted by Gasteiger charge is 2.38. The summed E-state index contributed by atoms with van der Waals surface area (Å²) in [6, 6.07) is 9.70. The first-order valence-corrected chi connectivity index (χ1v) is 12.2. The maximum atomic E-state index is 12.9. The minimum absolute atomic E-state index is 0.0320. The van der Waals surface area contributed by atoms with E-state index in [4.69, 9.17) is 0 Å². The Bertz CT molecular complexity index is 1360. The normalized spacial score (nSPS) is 16.2. The fourth-order valence-corrected chi connectivity index (χ4v) is 4.05. The van der Waals surface area contributed by atoms with Crippen LogP contribution in [0.5, 0.6) is 0 Å². The first-order valence-electron chi connectivity index (χ1n) is 12.2. The van der Waals surface area contributed by atoms with Crippen LogP contribution in [-0.2, 0) is 15.6 Å². The minimum atomic E-state index is -0.575. The molecule has 0 radical (unpaired) electrons. The molecular formula is C27H31N7O2. The number of hydrogen-bond acceptors (Lipinski definition) is 7. The largest absolute Gasteiger partial charge is 0.349 e. The Labute approximate surface area is 210 Å². The maximum Gasteiger partial charge on any atom is 0.256 e. The third-order valence-corrected chi connectivity index (χ3v) is 6.50. The molecule has 0 bridgehead atoms. The molecule has 4 N–H and O–H groups in total. The molecule has 36 heavy (non-hydrogen) atoms. The van der Waals surface area contributed by atoms with E-state index in [-0.39, 0.29) is 23.3 Å². The lowest BCUT2D eigenvalue weighted by molar-refractivity contribution is -0.119. The SMILES string of the molecule is CC(C)(C)c1cc(Nc2nc(Nc3ccc4c(c3)NC(=O)C4(C)C)ncc2C(=O)NC2CC2)ccn1. The zero-order valence-corrected chi connectivity index (χ0v) is 21.2. The van der Waals surface area contributed by atoms with E-state index in [2.05, 4.69) is 57.0 Å². The Morgan fingerprint density at radius 1 is 1.06 bits per heavy atom. The van der Waals surface area contributed by atoms with Gasteiger partial charge in [-0.3, -0.25) is 14.6 Å². The highest BCUT2D eigenvalue weighted by atomic mass is 16.2. The van der Waals surface area contributed by atoms with E-state index in [1.165, 1.54) is 6.20 Å². The van der Waals surface area contributed by atoms with Gasteiger partial charge in [-0.25, -0.2) is 4.98 Å². The minimum Gasteiger partial charge on any atom is -0.349 e. The molecule has 3 heterocycles. The quantitative estimate of drug-likeness (QED) is 0.396. The predicted molar refractivity (Wildman–Crippen MR) is 140 cm³/mol. The third-order valence-electron chi connectivity index (χ3n) is 6.50. The number of fused-ring (bicyclic) bond motifs is 1. The van der Waals surface area contributed by atoms with Crippen molar-refractivity contribution in [3.8, 4) is 0 Å². The molecule has 1 saturated carbocycles. The summed E-state index contributed by atoms with van der Waals surface area (Å²) in [4.78, 5) is 38.7. The maximum absolute atomic E-state index is 12.9. The molecule has 2 aliphatic rings. The van der Waals surface area contributed by atoms with Gasteiger partial charge in [0.2, 0.25) is 11.9 Å². The van der Waals surface area contributed by atoms with Gasteiger partial charge in [-0.05, 0) is 56.5 Å². The van der Waals surface area contributed by atoms with Gasteiger partial charge in [0.1, 0.15) is 11.4 Å². The Kier molecular flexibility index (Phi) is 5.65. The number of hydrogen-bond donors (Lipinski definition) is 4. The highest BCUT2D eigenvalue weighted by molar-refractivity contribution is 6.06. The molecule has 186 valence electrons. The number of benzene rings is 1. The number of anilines is 5. The van der Waals surface area contributed by atoms with Gasteiger partial charge in [-0.15, -0.1) is 0 Å². The van der Waals surface area contributed by atoms with E-state index < -0.39 is 5.41 Å². The molecule has 5 rings (SSSR count). The van der Waals surface area contributed by atoms with Crippen molar-refractivity contribution in [3.05, 3.63) is 59.5 Å². The number of aromatic nitrogens is 3. The predicted octanol–water partition coefficient (Wildman–Crippen LogP) is 4.78. The summed E-state index contributed by atoms with van der Waals surface area (Å²) in [6.07, 6.45) is 5.24. The van der Waals surface area contributed by atoms with Crippen molar-refractivity contribution < 1.29 is 9.59 Å². The number of amides is 2. The molecule has 0 unspecified atom stereocenters. The van der Waals surface area contributed by atoms with Gasteiger partial charge >= 0.3 is 0 Å². The first kappa shape index (κ1) is 23.7. The zero-order chi connectivity index (χ0) is 25.7. The van der Waals surface area contributed by atoms with Crippen LogP contribution < -0.4 is 21.3 Å². The molecule has 1 fully saturated rings. The lowest BCUT2D eigenvalue weighted by atomic mass is 9.86. The highest BCUT2D eigenvalue weighted by Crippen LogP contribution is 2.39. The summed E-state index contributed by atoms with van der Waals surface area (Å²) >= 11 is 0. The topological polar surface area (TPSA) is 121 Å². The fourth-order valence-electron chi connectivity index (χ4n) is 4.05. The summed E-state index contributed by atoms with van der Waals surface area (Å²) < 4.78 is 0. The summed E-state index contributed by atoms with van der Waals surface area (Å²) in [5, 5.41) is 12.4. The molecule has 1 aliphatic carbocycles. The van der Waals surface area contributed by atoms with E-state index in [1.807, 2.05) is 44.2 Å². The molecule has 1 aromatic carbocycles. The number of rotatable bonds is 6. The average Bonchev–Trinajstić information content (AvgIpc) is 3.59. The fraction of sp³-hybridized carbons (Fsp3) is 0.370. The molecule has 1 aliphatic heterocycles. The van der Waals surface area contributed by atoms with E-state index in [9.17, 15) is 9.59 Å². The summed E-state index contributed by atoms with van der Waals surface area (Å²) in [6.45, 7) is 10.1. The van der Waals surface area contributed by atoms with Gasteiger partial charge < -0.3 is 21.3 Å². The average molecular weight is 486 g/mol. The van der Waals surface area contributed by atoms with Crippen LogP contribution in [0.25, 0.3) is 0 Å². The number of carbonyl (C=O) groups is 2. The van der Waals surface area contributed by atoms with Gasteiger partial charge in [-0.1, -0.05) is 26.8 Å². The molecule has 2 aromatic heterocycles. The van der Waals surface area contributed by atoms with Crippen LogP contribution in [0.2, 0.25) is 0 Å². The molecule has 2 amide bonds. The second kappa shape index (κ2) is 8.58. The van der Waals surface area contributed by atoms with Crippen LogP contribution in [0.3, 0.4) is 0 Å². The smallest absolute Gasteiger partial charge is 0.256 e.